The fourth-order valence-electron chi connectivity index (χ4n) is 7.22. The number of hydrogen-bond acceptors (Lipinski definition) is 4. The molecule has 0 unspecified atom stereocenters. The quantitative estimate of drug-likeness (QED) is 0.0905. The summed E-state index contributed by atoms with van der Waals surface area (Å²) in [4.78, 5) is 4.77. The van der Waals surface area contributed by atoms with Gasteiger partial charge in [0.15, 0.2) is 0 Å². The van der Waals surface area contributed by atoms with E-state index in [1.54, 1.807) is 6.20 Å². The summed E-state index contributed by atoms with van der Waals surface area (Å²) in [6.45, 7) is 17.4. The average Bonchev–Trinajstić information content (AvgIpc) is 3.68. The zero-order chi connectivity index (χ0) is 38.0. The fourth-order valence-corrected chi connectivity index (χ4v) is 7.22. The monoisotopic (exact) mass is 911 g/mol. The third-order valence-electron chi connectivity index (χ3n) is 9.82. The summed E-state index contributed by atoms with van der Waals surface area (Å²) < 4.78 is 17.0. The van der Waals surface area contributed by atoms with Gasteiger partial charge in [0, 0.05) is 40.5 Å². The molecule has 7 aromatic rings. The summed E-state index contributed by atoms with van der Waals surface area (Å²) in [7, 11) is 0. The Morgan fingerprint density at radius 1 is 0.745 bits per heavy atom. The van der Waals surface area contributed by atoms with E-state index < -0.39 is 0 Å². The van der Waals surface area contributed by atoms with Crippen molar-refractivity contribution in [1.29, 1.82) is 0 Å². The van der Waals surface area contributed by atoms with E-state index in [1.807, 2.05) is 51.1 Å². The summed E-state index contributed by atoms with van der Waals surface area (Å²) >= 11 is 0. The molecule has 0 amide bonds. The molecule has 0 radical (unpaired) electrons. The van der Waals surface area contributed by atoms with Crippen molar-refractivity contribution in [1.82, 2.24) is 19.3 Å². The van der Waals surface area contributed by atoms with E-state index in [4.69, 9.17) is 19.6 Å². The van der Waals surface area contributed by atoms with Gasteiger partial charge in [-0.05, 0) is 79.8 Å². The standard InChI is InChI=1S/C48H52N4O2.Pt/c1-9-11-12-13-21-43-46(33-22-24-34(25-23-33)47(3,4)5)41(10-2)50-52(43)35-17-16-18-36(30-35)53-37-26-27-40-39-19-14-15-20-42(39)51(44(40)31-37)45-32-38(28-29-49-45)54-48(6,7)8;/h14-20,22-29,32H,9-13,21H2,1-8H3;/q-2;+2. The number of hydrogen-bond donors (Lipinski definition) is 0. The summed E-state index contributed by atoms with van der Waals surface area (Å²) in [5, 5.41) is 7.42. The van der Waals surface area contributed by atoms with Crippen molar-refractivity contribution in [3.8, 4) is 39.9 Å². The number of aryl methyl sites for hydroxylation is 1. The molecule has 0 bridgehead atoms. The van der Waals surface area contributed by atoms with Gasteiger partial charge in [-0.25, -0.2) is 4.98 Å². The first-order valence-corrected chi connectivity index (χ1v) is 19.5. The summed E-state index contributed by atoms with van der Waals surface area (Å²) in [6, 6.07) is 38.6. The van der Waals surface area contributed by atoms with E-state index in [0.29, 0.717) is 11.5 Å². The van der Waals surface area contributed by atoms with E-state index in [2.05, 4.69) is 117 Å². The number of pyridine rings is 1. The van der Waals surface area contributed by atoms with Gasteiger partial charge in [-0.15, -0.1) is 35.7 Å². The van der Waals surface area contributed by atoms with Gasteiger partial charge in [-0.3, -0.25) is 4.68 Å². The molecule has 286 valence electrons. The van der Waals surface area contributed by atoms with Gasteiger partial charge in [-0.1, -0.05) is 102 Å². The smallest absolute Gasteiger partial charge is 0.509 e. The Labute approximate surface area is 341 Å². The molecule has 55 heavy (non-hydrogen) atoms. The summed E-state index contributed by atoms with van der Waals surface area (Å²) in [6.07, 6.45) is 8.29. The molecule has 0 saturated heterocycles. The molecule has 0 aliphatic carbocycles. The Kier molecular flexibility index (Phi) is 12.1. The van der Waals surface area contributed by atoms with Crippen molar-refractivity contribution in [2.24, 2.45) is 0 Å². The molecular weight excluding hydrogens is 860 g/mol. The molecular formula is C48H52N4O2Pt. The molecule has 7 heteroatoms. The Hall–Kier alpha value is -4.67. The van der Waals surface area contributed by atoms with Crippen molar-refractivity contribution in [2.45, 2.75) is 105 Å². The molecule has 3 heterocycles. The maximum Gasteiger partial charge on any atom is 2.00 e. The zero-order valence-corrected chi connectivity index (χ0v) is 35.7. The molecule has 3 aromatic heterocycles. The summed E-state index contributed by atoms with van der Waals surface area (Å²) in [5.74, 6) is 2.71. The maximum absolute atomic E-state index is 6.56. The molecule has 0 aliphatic heterocycles. The molecule has 7 rings (SSSR count). The molecule has 4 aromatic carbocycles. The Balaban J connectivity index is 0.00000514. The molecule has 0 fully saturated rings. The van der Waals surface area contributed by atoms with Crippen molar-refractivity contribution in [3.63, 3.8) is 0 Å². The van der Waals surface area contributed by atoms with E-state index in [0.717, 1.165) is 64.0 Å². The minimum absolute atomic E-state index is 0. The SMILES string of the molecule is CCCCCCc1c(-c2ccc(C(C)(C)C)cc2)c(CC)nn1-c1[c-]c(Oc2[c-]c3c(cc2)c2ccccc2n3-c2cc(OC(C)(C)C)ccn2)ccc1.[Pt+2]. The molecule has 0 saturated carbocycles. The van der Waals surface area contributed by atoms with Crippen LogP contribution in [0.1, 0.15) is 98.0 Å². The van der Waals surface area contributed by atoms with Crippen LogP contribution in [0, 0.1) is 12.1 Å². The van der Waals surface area contributed by atoms with Crippen LogP contribution in [0.4, 0.5) is 0 Å². The predicted molar refractivity (Wildman–Crippen MR) is 222 cm³/mol. The number of benzene rings is 4. The number of aromatic nitrogens is 4. The number of rotatable bonds is 12. The van der Waals surface area contributed by atoms with Crippen LogP contribution in [-0.2, 0) is 39.3 Å². The van der Waals surface area contributed by atoms with Gasteiger partial charge >= 0.3 is 21.1 Å². The van der Waals surface area contributed by atoms with E-state index in [-0.39, 0.29) is 32.1 Å². The first-order chi connectivity index (χ1) is 25.9. The number of nitrogens with zero attached hydrogens (tertiary/aromatic N) is 4. The molecule has 0 N–H and O–H groups in total. The van der Waals surface area contributed by atoms with Gasteiger partial charge in [0.05, 0.1) is 5.69 Å². The molecule has 6 nitrogen and oxygen atoms in total. The van der Waals surface area contributed by atoms with Crippen LogP contribution in [0.25, 0.3) is 44.4 Å². The third kappa shape index (κ3) is 8.76. The second-order valence-corrected chi connectivity index (χ2v) is 16.2. The third-order valence-corrected chi connectivity index (χ3v) is 9.82. The Morgan fingerprint density at radius 2 is 1.51 bits per heavy atom. The average molecular weight is 912 g/mol. The van der Waals surface area contributed by atoms with Crippen molar-refractivity contribution in [2.75, 3.05) is 0 Å². The van der Waals surface area contributed by atoms with Gasteiger partial charge in [0.2, 0.25) is 0 Å². The van der Waals surface area contributed by atoms with E-state index in [9.17, 15) is 0 Å². The van der Waals surface area contributed by atoms with Crippen LogP contribution in [0.2, 0.25) is 0 Å². The van der Waals surface area contributed by atoms with Gasteiger partial charge in [0.1, 0.15) is 17.2 Å². The van der Waals surface area contributed by atoms with Gasteiger partial charge in [-0.2, -0.15) is 17.2 Å². The first-order valence-electron chi connectivity index (χ1n) is 19.5. The van der Waals surface area contributed by atoms with Gasteiger partial charge in [0.25, 0.3) is 0 Å². The van der Waals surface area contributed by atoms with Crippen LogP contribution >= 0.6 is 0 Å². The predicted octanol–water partition coefficient (Wildman–Crippen LogP) is 12.6. The van der Waals surface area contributed by atoms with Crippen molar-refractivity contribution < 1.29 is 30.5 Å². The van der Waals surface area contributed by atoms with Crippen molar-refractivity contribution >= 4 is 21.8 Å². The minimum atomic E-state index is -0.332. The second kappa shape index (κ2) is 16.6. The first kappa shape index (κ1) is 40.0. The maximum atomic E-state index is 6.56. The largest absolute Gasteiger partial charge is 2.00 e. The number of unbranched alkanes of at least 4 members (excludes halogenated alkanes) is 3. The summed E-state index contributed by atoms with van der Waals surface area (Å²) in [5.41, 5.74) is 8.64. The molecule has 0 spiro atoms. The topological polar surface area (TPSA) is 54.1 Å². The molecule has 0 atom stereocenters. The Bertz CT molecular complexity index is 2390. The minimum Gasteiger partial charge on any atom is -0.509 e. The normalized spacial score (nSPS) is 11.9. The fraction of sp³-hybridized carbons (Fsp3) is 0.333. The molecule has 0 aliphatic rings. The van der Waals surface area contributed by atoms with E-state index in [1.165, 1.54) is 41.6 Å². The Morgan fingerprint density at radius 3 is 2.24 bits per heavy atom. The van der Waals surface area contributed by atoms with Crippen LogP contribution < -0.4 is 9.47 Å². The number of ether oxygens (including phenoxy) is 2. The number of para-hydroxylation sites is 1. The van der Waals surface area contributed by atoms with Crippen LogP contribution in [-0.4, -0.2) is 24.9 Å². The second-order valence-electron chi connectivity index (χ2n) is 16.2. The van der Waals surface area contributed by atoms with Crippen LogP contribution in [0.3, 0.4) is 0 Å². The number of fused-ring (bicyclic) bond motifs is 3. The van der Waals surface area contributed by atoms with Crippen LogP contribution in [0.5, 0.6) is 17.2 Å². The zero-order valence-electron chi connectivity index (χ0n) is 33.4. The van der Waals surface area contributed by atoms with Gasteiger partial charge < -0.3 is 14.0 Å². The van der Waals surface area contributed by atoms with E-state index >= 15 is 0 Å². The van der Waals surface area contributed by atoms with Crippen LogP contribution in [0.15, 0.2) is 97.2 Å². The van der Waals surface area contributed by atoms with Crippen molar-refractivity contribution in [3.05, 3.63) is 126 Å².